The van der Waals surface area contributed by atoms with Crippen molar-refractivity contribution in [3.05, 3.63) is 59.0 Å². The maximum atomic E-state index is 12.9. The third-order valence-electron chi connectivity index (χ3n) is 4.96. The van der Waals surface area contributed by atoms with Crippen LogP contribution in [0, 0.1) is 0 Å². The quantitative estimate of drug-likeness (QED) is 0.699. The van der Waals surface area contributed by atoms with Gasteiger partial charge in [-0.25, -0.2) is 5.01 Å². The number of halogens is 1. The van der Waals surface area contributed by atoms with Crippen LogP contribution in [-0.2, 0) is 4.79 Å². The molecule has 0 bridgehead atoms. The molecule has 1 atom stereocenters. The second kappa shape index (κ2) is 7.89. The molecule has 0 N–H and O–H groups in total. The van der Waals surface area contributed by atoms with Crippen LogP contribution >= 0.6 is 23.4 Å². The summed E-state index contributed by atoms with van der Waals surface area (Å²) in [6.45, 7) is 0. The van der Waals surface area contributed by atoms with E-state index >= 15 is 0 Å². The van der Waals surface area contributed by atoms with Gasteiger partial charge in [0.1, 0.15) is 11.8 Å². The number of amides is 1. The maximum absolute atomic E-state index is 12.9. The number of carbonyl (C=O) groups excluding carboxylic acids is 1. The van der Waals surface area contributed by atoms with Crippen LogP contribution in [0.25, 0.3) is 0 Å². The lowest BCUT2D eigenvalue weighted by Crippen LogP contribution is -2.29. The minimum atomic E-state index is -0.174. The summed E-state index contributed by atoms with van der Waals surface area (Å²) in [6, 6.07) is 11.2. The number of nitrogens with zero attached hydrogens (tertiary/aromatic N) is 2. The highest BCUT2D eigenvalue weighted by atomic mass is 35.5. The lowest BCUT2D eigenvalue weighted by Gasteiger charge is -2.20. The molecule has 1 aromatic heterocycles. The number of thioether (sulfide) groups is 1. The molecule has 2 aliphatic rings. The molecule has 1 fully saturated rings. The summed E-state index contributed by atoms with van der Waals surface area (Å²) in [5.41, 5.74) is 1.88. The fourth-order valence-electron chi connectivity index (χ4n) is 3.57. The molecule has 1 aliphatic carbocycles. The molecule has 26 heavy (non-hydrogen) atoms. The molecule has 4 nitrogen and oxygen atoms in total. The normalized spacial score (nSPS) is 20.6. The van der Waals surface area contributed by atoms with Crippen LogP contribution in [0.15, 0.2) is 52.2 Å². The molecule has 1 saturated carbocycles. The van der Waals surface area contributed by atoms with E-state index in [-0.39, 0.29) is 11.9 Å². The minimum Gasteiger partial charge on any atom is -0.467 e. The molecule has 6 heteroatoms. The Kier molecular flexibility index (Phi) is 5.36. The van der Waals surface area contributed by atoms with Crippen LogP contribution in [0.1, 0.15) is 49.5 Å². The summed E-state index contributed by atoms with van der Waals surface area (Å²) < 4.78 is 5.58. The minimum absolute atomic E-state index is 0.0484. The second-order valence-corrected chi connectivity index (χ2v) is 8.47. The largest absolute Gasteiger partial charge is 0.467 e. The van der Waals surface area contributed by atoms with Crippen LogP contribution in [0.4, 0.5) is 0 Å². The van der Waals surface area contributed by atoms with Gasteiger partial charge in [-0.05, 0) is 42.7 Å². The Morgan fingerprint density at radius 3 is 2.69 bits per heavy atom. The molecule has 0 radical (unpaired) electrons. The van der Waals surface area contributed by atoms with Crippen molar-refractivity contribution < 1.29 is 9.21 Å². The second-order valence-electron chi connectivity index (χ2n) is 6.74. The molecule has 0 saturated heterocycles. The van der Waals surface area contributed by atoms with Gasteiger partial charge in [-0.3, -0.25) is 4.79 Å². The Morgan fingerprint density at radius 1 is 1.23 bits per heavy atom. The van der Waals surface area contributed by atoms with E-state index in [1.807, 2.05) is 36.4 Å². The lowest BCUT2D eigenvalue weighted by atomic mass is 10.0. The molecular weight excluding hydrogens is 368 g/mol. The van der Waals surface area contributed by atoms with Crippen molar-refractivity contribution in [3.8, 4) is 0 Å². The molecule has 2 heterocycles. The molecule has 1 aliphatic heterocycles. The number of hydrogen-bond acceptors (Lipinski definition) is 4. The van der Waals surface area contributed by atoms with E-state index in [0.29, 0.717) is 22.4 Å². The predicted molar refractivity (Wildman–Crippen MR) is 106 cm³/mol. The monoisotopic (exact) mass is 388 g/mol. The molecule has 1 amide bonds. The molecule has 1 aromatic carbocycles. The SMILES string of the molecule is O=C(CSC1CCCC1)N1N=C(c2ccc(Cl)cc2)C[C@H]1c1ccco1. The van der Waals surface area contributed by atoms with Gasteiger partial charge in [0.05, 0.1) is 17.7 Å². The summed E-state index contributed by atoms with van der Waals surface area (Å²) >= 11 is 7.76. The van der Waals surface area contributed by atoms with Gasteiger partial charge in [0.2, 0.25) is 0 Å². The van der Waals surface area contributed by atoms with Crippen molar-refractivity contribution in [3.63, 3.8) is 0 Å². The summed E-state index contributed by atoms with van der Waals surface area (Å²) in [6.07, 6.45) is 7.30. The van der Waals surface area contributed by atoms with Gasteiger partial charge in [-0.2, -0.15) is 5.10 Å². The highest BCUT2D eigenvalue weighted by Gasteiger charge is 2.35. The van der Waals surface area contributed by atoms with Gasteiger partial charge in [0.25, 0.3) is 5.91 Å². The third-order valence-corrected chi connectivity index (χ3v) is 6.57. The van der Waals surface area contributed by atoms with Crippen LogP contribution in [-0.4, -0.2) is 27.6 Å². The molecular formula is C20H21ClN2O2S. The standard InChI is InChI=1S/C20H21ClN2O2S/c21-15-9-7-14(8-10-15)17-12-18(19-6-3-11-25-19)23(22-17)20(24)13-26-16-4-1-2-5-16/h3,6-11,16,18H,1-2,4-5,12-13H2/t18-/m0/s1. The van der Waals surface area contributed by atoms with E-state index in [1.54, 1.807) is 23.0 Å². The number of hydrazone groups is 1. The molecule has 2 aromatic rings. The third kappa shape index (κ3) is 3.84. The first-order valence-corrected chi connectivity index (χ1v) is 10.4. The molecule has 0 unspecified atom stereocenters. The van der Waals surface area contributed by atoms with E-state index in [0.717, 1.165) is 17.0 Å². The summed E-state index contributed by atoms with van der Waals surface area (Å²) in [5, 5.41) is 7.58. The van der Waals surface area contributed by atoms with Gasteiger partial charge in [0.15, 0.2) is 0 Å². The van der Waals surface area contributed by atoms with E-state index in [9.17, 15) is 4.79 Å². The van der Waals surface area contributed by atoms with Crippen molar-refractivity contribution >= 4 is 35.0 Å². The maximum Gasteiger partial charge on any atom is 0.253 e. The topological polar surface area (TPSA) is 45.8 Å². The van der Waals surface area contributed by atoms with Gasteiger partial charge in [0, 0.05) is 16.7 Å². The van der Waals surface area contributed by atoms with Crippen LogP contribution in [0.5, 0.6) is 0 Å². The lowest BCUT2D eigenvalue weighted by molar-refractivity contribution is -0.130. The van der Waals surface area contributed by atoms with E-state index < -0.39 is 0 Å². The summed E-state index contributed by atoms with van der Waals surface area (Å²) in [4.78, 5) is 12.9. The fraction of sp³-hybridized carbons (Fsp3) is 0.400. The zero-order valence-electron chi connectivity index (χ0n) is 14.4. The van der Waals surface area contributed by atoms with Gasteiger partial charge >= 0.3 is 0 Å². The van der Waals surface area contributed by atoms with Crippen LogP contribution in [0.3, 0.4) is 0 Å². The number of rotatable bonds is 5. The first kappa shape index (κ1) is 17.7. The zero-order valence-corrected chi connectivity index (χ0v) is 16.0. The average Bonchev–Trinajstić information content (AvgIpc) is 3.41. The Morgan fingerprint density at radius 2 is 2.00 bits per heavy atom. The van der Waals surface area contributed by atoms with Crippen molar-refractivity contribution in [1.82, 2.24) is 5.01 Å². The summed E-state index contributed by atoms with van der Waals surface area (Å²) in [7, 11) is 0. The number of furan rings is 1. The number of benzene rings is 1. The Labute approximate surface area is 162 Å². The average molecular weight is 389 g/mol. The summed E-state index contributed by atoms with van der Waals surface area (Å²) in [5.74, 6) is 1.29. The van der Waals surface area contributed by atoms with Gasteiger partial charge in [-0.15, -0.1) is 11.8 Å². The highest BCUT2D eigenvalue weighted by molar-refractivity contribution is 8.00. The predicted octanol–water partition coefficient (Wildman–Crippen LogP) is 5.29. The van der Waals surface area contributed by atoms with Gasteiger partial charge in [-0.1, -0.05) is 36.6 Å². The Hall–Kier alpha value is -1.72. The van der Waals surface area contributed by atoms with Crippen molar-refractivity contribution in [2.45, 2.75) is 43.4 Å². The number of carbonyl (C=O) groups is 1. The number of hydrogen-bond donors (Lipinski definition) is 0. The van der Waals surface area contributed by atoms with Crippen molar-refractivity contribution in [2.75, 3.05) is 5.75 Å². The fourth-order valence-corrected chi connectivity index (χ4v) is 4.87. The Bertz CT molecular complexity index is 783. The molecule has 0 spiro atoms. The Balaban J connectivity index is 1.53. The van der Waals surface area contributed by atoms with Crippen molar-refractivity contribution in [1.29, 1.82) is 0 Å². The van der Waals surface area contributed by atoms with Crippen LogP contribution in [0.2, 0.25) is 5.02 Å². The van der Waals surface area contributed by atoms with Gasteiger partial charge < -0.3 is 4.42 Å². The van der Waals surface area contributed by atoms with E-state index in [2.05, 4.69) is 5.10 Å². The molecule has 4 rings (SSSR count). The van der Waals surface area contributed by atoms with Crippen molar-refractivity contribution in [2.24, 2.45) is 5.10 Å². The van der Waals surface area contributed by atoms with E-state index in [1.165, 1.54) is 25.7 Å². The zero-order chi connectivity index (χ0) is 17.9. The van der Waals surface area contributed by atoms with E-state index in [4.69, 9.17) is 16.0 Å². The molecule has 136 valence electrons. The highest BCUT2D eigenvalue weighted by Crippen LogP contribution is 2.35. The first-order chi connectivity index (χ1) is 12.7. The van der Waals surface area contributed by atoms with Crippen LogP contribution < -0.4 is 0 Å². The smallest absolute Gasteiger partial charge is 0.253 e. The first-order valence-electron chi connectivity index (χ1n) is 9.01.